The third kappa shape index (κ3) is 3.99. The van der Waals surface area contributed by atoms with Crippen LogP contribution in [0.4, 0.5) is 0 Å². The van der Waals surface area contributed by atoms with Crippen molar-refractivity contribution in [2.45, 2.75) is 19.3 Å². The largest absolute Gasteiger partial charge is 0.351 e. The molecule has 5 heteroatoms. The van der Waals surface area contributed by atoms with Gasteiger partial charge in [-0.05, 0) is 40.9 Å². The number of nitrogens with zero attached hydrogens (tertiary/aromatic N) is 2. The third-order valence-electron chi connectivity index (χ3n) is 1.97. The molecule has 16 heavy (non-hydrogen) atoms. The van der Waals surface area contributed by atoms with Crippen LogP contribution < -0.4 is 5.32 Å². The summed E-state index contributed by atoms with van der Waals surface area (Å²) in [5.74, 6) is -0.190. The van der Waals surface area contributed by atoms with Crippen LogP contribution in [0.15, 0.2) is 22.8 Å². The highest BCUT2D eigenvalue weighted by molar-refractivity contribution is 9.10. The summed E-state index contributed by atoms with van der Waals surface area (Å²) in [6.07, 6.45) is 3.72. The van der Waals surface area contributed by atoms with E-state index in [0.29, 0.717) is 23.1 Å². The number of carbonyl (C=O) groups excluding carboxylic acids is 1. The Labute approximate surface area is 103 Å². The molecule has 0 radical (unpaired) electrons. The van der Waals surface area contributed by atoms with Gasteiger partial charge in [0.1, 0.15) is 5.69 Å². The molecule has 0 atom stereocenters. The van der Waals surface area contributed by atoms with Crippen LogP contribution in [0, 0.1) is 11.3 Å². The van der Waals surface area contributed by atoms with Crippen molar-refractivity contribution in [3.63, 3.8) is 0 Å². The zero-order valence-electron chi connectivity index (χ0n) is 8.74. The number of unbranched alkanes of at least 4 members (excludes halogenated alkanes) is 2. The summed E-state index contributed by atoms with van der Waals surface area (Å²) in [6, 6.07) is 5.60. The van der Waals surface area contributed by atoms with Gasteiger partial charge < -0.3 is 5.32 Å². The van der Waals surface area contributed by atoms with Crippen molar-refractivity contribution < 1.29 is 4.79 Å². The molecule has 0 bridgehead atoms. The zero-order chi connectivity index (χ0) is 11.8. The fourth-order valence-electron chi connectivity index (χ4n) is 1.17. The maximum atomic E-state index is 11.6. The number of rotatable bonds is 5. The first-order chi connectivity index (χ1) is 7.75. The Morgan fingerprint density at radius 2 is 2.38 bits per heavy atom. The van der Waals surface area contributed by atoms with Crippen molar-refractivity contribution in [2.75, 3.05) is 6.54 Å². The molecule has 0 unspecified atom stereocenters. The van der Waals surface area contributed by atoms with E-state index in [4.69, 9.17) is 5.26 Å². The Morgan fingerprint density at radius 3 is 3.06 bits per heavy atom. The number of nitriles is 1. The highest BCUT2D eigenvalue weighted by Crippen LogP contribution is 2.12. The predicted molar refractivity (Wildman–Crippen MR) is 63.7 cm³/mol. The Balaban J connectivity index is 2.36. The van der Waals surface area contributed by atoms with Gasteiger partial charge in [0, 0.05) is 23.6 Å². The summed E-state index contributed by atoms with van der Waals surface area (Å²) >= 11 is 3.26. The van der Waals surface area contributed by atoms with Crippen LogP contribution >= 0.6 is 15.9 Å². The molecule has 0 saturated carbocycles. The molecule has 1 rings (SSSR count). The van der Waals surface area contributed by atoms with Gasteiger partial charge >= 0.3 is 0 Å². The maximum Gasteiger partial charge on any atom is 0.271 e. The standard InChI is InChI=1S/C11H12BrN3O/c12-9-5-4-8-14-10(9)11(16)15-7-3-1-2-6-13/h4-5,8H,1-3,7H2,(H,15,16). The quantitative estimate of drug-likeness (QED) is 0.842. The Bertz CT molecular complexity index is 400. The molecule has 1 aromatic heterocycles. The van der Waals surface area contributed by atoms with Gasteiger partial charge in [0.2, 0.25) is 0 Å². The SMILES string of the molecule is N#CCCCCNC(=O)c1ncccc1Br. The first-order valence-electron chi connectivity index (χ1n) is 5.01. The highest BCUT2D eigenvalue weighted by atomic mass is 79.9. The molecular formula is C11H12BrN3O. The maximum absolute atomic E-state index is 11.6. The van der Waals surface area contributed by atoms with Crippen molar-refractivity contribution in [3.05, 3.63) is 28.5 Å². The first kappa shape index (κ1) is 12.7. The Morgan fingerprint density at radius 1 is 1.56 bits per heavy atom. The minimum absolute atomic E-state index is 0.190. The number of pyridine rings is 1. The third-order valence-corrected chi connectivity index (χ3v) is 2.61. The lowest BCUT2D eigenvalue weighted by Crippen LogP contribution is -2.25. The van der Waals surface area contributed by atoms with Crippen LogP contribution in [0.3, 0.4) is 0 Å². The second-order valence-electron chi connectivity index (χ2n) is 3.20. The molecule has 0 aliphatic rings. The summed E-state index contributed by atoms with van der Waals surface area (Å²) in [5.41, 5.74) is 0.391. The van der Waals surface area contributed by atoms with Crippen molar-refractivity contribution in [1.82, 2.24) is 10.3 Å². The van der Waals surface area contributed by atoms with Gasteiger partial charge in [-0.3, -0.25) is 4.79 Å². The second kappa shape index (κ2) is 6.96. The number of hydrogen-bond donors (Lipinski definition) is 1. The van der Waals surface area contributed by atoms with Gasteiger partial charge in [-0.2, -0.15) is 5.26 Å². The van der Waals surface area contributed by atoms with E-state index in [9.17, 15) is 4.79 Å². The number of nitrogens with one attached hydrogen (secondary N) is 1. The normalized spacial score (nSPS) is 9.50. The van der Waals surface area contributed by atoms with E-state index in [1.807, 2.05) is 0 Å². The monoisotopic (exact) mass is 281 g/mol. The van der Waals surface area contributed by atoms with Gasteiger partial charge in [0.25, 0.3) is 5.91 Å². The summed E-state index contributed by atoms with van der Waals surface area (Å²) in [6.45, 7) is 0.573. The first-order valence-corrected chi connectivity index (χ1v) is 5.80. The van der Waals surface area contributed by atoms with E-state index in [-0.39, 0.29) is 5.91 Å². The highest BCUT2D eigenvalue weighted by Gasteiger charge is 2.09. The molecule has 0 spiro atoms. The van der Waals surface area contributed by atoms with Crippen molar-refractivity contribution in [3.8, 4) is 6.07 Å². The minimum Gasteiger partial charge on any atom is -0.351 e. The molecule has 0 fully saturated rings. The number of carbonyl (C=O) groups is 1. The Hall–Kier alpha value is -1.41. The van der Waals surface area contributed by atoms with Gasteiger partial charge in [-0.25, -0.2) is 4.98 Å². The number of amides is 1. The molecule has 1 N–H and O–H groups in total. The van der Waals surface area contributed by atoms with E-state index in [0.717, 1.165) is 12.8 Å². The van der Waals surface area contributed by atoms with E-state index in [1.165, 1.54) is 0 Å². The molecule has 4 nitrogen and oxygen atoms in total. The van der Waals surface area contributed by atoms with Gasteiger partial charge in [-0.1, -0.05) is 0 Å². The molecule has 1 aromatic rings. The smallest absolute Gasteiger partial charge is 0.271 e. The lowest BCUT2D eigenvalue weighted by Gasteiger charge is -2.04. The topological polar surface area (TPSA) is 65.8 Å². The van der Waals surface area contributed by atoms with Crippen LogP contribution in [0.2, 0.25) is 0 Å². The van der Waals surface area contributed by atoms with Gasteiger partial charge in [-0.15, -0.1) is 0 Å². The van der Waals surface area contributed by atoms with Crippen LogP contribution in [0.25, 0.3) is 0 Å². The molecule has 0 aliphatic carbocycles. The number of hydrogen-bond acceptors (Lipinski definition) is 3. The number of halogens is 1. The lowest BCUT2D eigenvalue weighted by atomic mass is 10.2. The summed E-state index contributed by atoms with van der Waals surface area (Å²) < 4.78 is 0.685. The number of aromatic nitrogens is 1. The Kier molecular flexibility index (Phi) is 5.51. The molecule has 1 amide bonds. The molecule has 84 valence electrons. The van der Waals surface area contributed by atoms with Crippen molar-refractivity contribution >= 4 is 21.8 Å². The molecule has 0 saturated heterocycles. The average Bonchev–Trinajstić information content (AvgIpc) is 2.29. The lowest BCUT2D eigenvalue weighted by molar-refractivity contribution is 0.0947. The fourth-order valence-corrected chi connectivity index (χ4v) is 1.60. The van der Waals surface area contributed by atoms with Gasteiger partial charge in [0.15, 0.2) is 0 Å². The summed E-state index contributed by atoms with van der Waals surface area (Å²) in [5, 5.41) is 11.1. The van der Waals surface area contributed by atoms with E-state index in [1.54, 1.807) is 18.3 Å². The molecular weight excluding hydrogens is 270 g/mol. The van der Waals surface area contributed by atoms with E-state index >= 15 is 0 Å². The molecule has 0 aromatic carbocycles. The summed E-state index contributed by atoms with van der Waals surface area (Å²) in [4.78, 5) is 15.6. The van der Waals surface area contributed by atoms with Crippen LogP contribution in [0.5, 0.6) is 0 Å². The predicted octanol–water partition coefficient (Wildman–Crippen LogP) is 2.27. The minimum atomic E-state index is -0.190. The average molecular weight is 282 g/mol. The molecule has 1 heterocycles. The van der Waals surface area contributed by atoms with Gasteiger partial charge in [0.05, 0.1) is 6.07 Å². The van der Waals surface area contributed by atoms with E-state index < -0.39 is 0 Å². The van der Waals surface area contributed by atoms with Crippen molar-refractivity contribution in [2.24, 2.45) is 0 Å². The zero-order valence-corrected chi connectivity index (χ0v) is 10.3. The second-order valence-corrected chi connectivity index (χ2v) is 4.06. The van der Waals surface area contributed by atoms with Crippen LogP contribution in [-0.4, -0.2) is 17.4 Å². The summed E-state index contributed by atoms with van der Waals surface area (Å²) in [7, 11) is 0. The molecule has 0 aliphatic heterocycles. The van der Waals surface area contributed by atoms with Crippen molar-refractivity contribution in [1.29, 1.82) is 5.26 Å². The fraction of sp³-hybridized carbons (Fsp3) is 0.364. The van der Waals surface area contributed by atoms with Crippen LogP contribution in [-0.2, 0) is 0 Å². The van der Waals surface area contributed by atoms with E-state index in [2.05, 4.69) is 32.3 Å². The van der Waals surface area contributed by atoms with Crippen LogP contribution in [0.1, 0.15) is 29.8 Å².